The van der Waals surface area contributed by atoms with E-state index in [0.29, 0.717) is 5.92 Å². The molecule has 2 aliphatic carbocycles. The van der Waals surface area contributed by atoms with Crippen LogP contribution in [0.25, 0.3) is 11.0 Å². The smallest absolute Gasteiger partial charge is 0.166 e. The van der Waals surface area contributed by atoms with E-state index >= 15 is 0 Å². The first-order valence-corrected chi connectivity index (χ1v) is 13.3. The minimum atomic E-state index is 0.0773. The predicted molar refractivity (Wildman–Crippen MR) is 140 cm³/mol. The molecule has 2 aromatic heterocycles. The normalized spacial score (nSPS) is 27.5. The lowest BCUT2D eigenvalue weighted by Gasteiger charge is -2.33. The van der Waals surface area contributed by atoms with Crippen molar-refractivity contribution in [2.24, 2.45) is 28.7 Å². The molecule has 0 bridgehead atoms. The van der Waals surface area contributed by atoms with Gasteiger partial charge in [0.15, 0.2) is 5.78 Å². The molecule has 5 heteroatoms. The molecule has 2 fully saturated rings. The summed E-state index contributed by atoms with van der Waals surface area (Å²) < 4.78 is 8.08. The van der Waals surface area contributed by atoms with E-state index in [9.17, 15) is 4.79 Å². The van der Waals surface area contributed by atoms with Gasteiger partial charge < -0.3 is 9.30 Å². The Kier molecular flexibility index (Phi) is 5.54. The van der Waals surface area contributed by atoms with Crippen LogP contribution in [0.5, 0.6) is 5.75 Å². The van der Waals surface area contributed by atoms with Gasteiger partial charge in [-0.05, 0) is 80.7 Å². The zero-order chi connectivity index (χ0) is 24.3. The van der Waals surface area contributed by atoms with Gasteiger partial charge in [0.05, 0.1) is 24.2 Å². The highest BCUT2D eigenvalue weighted by Crippen LogP contribution is 2.49. The number of aliphatic imine (C=N–C) groups is 1. The van der Waals surface area contributed by atoms with Gasteiger partial charge in [-0.2, -0.15) is 0 Å². The van der Waals surface area contributed by atoms with Crippen LogP contribution in [0.2, 0.25) is 0 Å². The molecule has 182 valence electrons. The average Bonchev–Trinajstić information content (AvgIpc) is 3.55. The maximum atomic E-state index is 13.7. The summed E-state index contributed by atoms with van der Waals surface area (Å²) in [5, 5.41) is 1.12. The van der Waals surface area contributed by atoms with Crippen LogP contribution in [-0.4, -0.2) is 28.2 Å². The summed E-state index contributed by atoms with van der Waals surface area (Å²) in [6, 6.07) is 10.2. The third kappa shape index (κ3) is 3.54. The molecular formula is C30H35N3O2. The highest BCUT2D eigenvalue weighted by molar-refractivity contribution is 6.12. The highest BCUT2D eigenvalue weighted by Gasteiger charge is 2.41. The number of pyridine rings is 1. The van der Waals surface area contributed by atoms with Crippen molar-refractivity contribution in [3.63, 3.8) is 0 Å². The van der Waals surface area contributed by atoms with Crippen molar-refractivity contribution in [1.29, 1.82) is 0 Å². The van der Waals surface area contributed by atoms with Gasteiger partial charge in [0.1, 0.15) is 11.4 Å². The third-order valence-electron chi connectivity index (χ3n) is 9.09. The summed E-state index contributed by atoms with van der Waals surface area (Å²) in [5.41, 5.74) is 5.79. The Hall–Kier alpha value is -2.95. The molecule has 5 atom stereocenters. The van der Waals surface area contributed by atoms with E-state index in [2.05, 4.69) is 42.5 Å². The highest BCUT2D eigenvalue weighted by atomic mass is 16.5. The fourth-order valence-electron chi connectivity index (χ4n) is 7.20. The molecule has 35 heavy (non-hydrogen) atoms. The van der Waals surface area contributed by atoms with Crippen LogP contribution in [0.4, 0.5) is 5.69 Å². The zero-order valence-electron chi connectivity index (χ0n) is 21.3. The minimum Gasteiger partial charge on any atom is -0.496 e. The van der Waals surface area contributed by atoms with Gasteiger partial charge in [0.2, 0.25) is 0 Å². The van der Waals surface area contributed by atoms with Crippen LogP contribution >= 0.6 is 0 Å². The SMILES string of the molecule is CCn1c(C2=Nc3cc(C(=O)C4CCC5CCC(C)C5C4)cc(OC)c3C2C)cc2cccnc21. The van der Waals surface area contributed by atoms with Gasteiger partial charge in [-0.25, -0.2) is 4.98 Å². The number of methoxy groups -OCH3 is 1. The molecule has 3 heterocycles. The Balaban J connectivity index is 1.37. The van der Waals surface area contributed by atoms with Crippen LogP contribution in [0.15, 0.2) is 41.5 Å². The summed E-state index contributed by atoms with van der Waals surface area (Å²) in [6.07, 6.45) is 7.76. The number of nitrogens with zero attached hydrogens (tertiary/aromatic N) is 3. The number of hydrogen-bond acceptors (Lipinski definition) is 4. The molecule has 2 saturated carbocycles. The summed E-state index contributed by atoms with van der Waals surface area (Å²) in [4.78, 5) is 23.4. The van der Waals surface area contributed by atoms with E-state index in [0.717, 1.165) is 76.2 Å². The monoisotopic (exact) mass is 469 g/mol. The molecule has 0 spiro atoms. The van der Waals surface area contributed by atoms with Crippen molar-refractivity contribution in [1.82, 2.24) is 9.55 Å². The van der Waals surface area contributed by atoms with Crippen LogP contribution in [0.3, 0.4) is 0 Å². The van der Waals surface area contributed by atoms with Crippen molar-refractivity contribution in [2.75, 3.05) is 7.11 Å². The van der Waals surface area contributed by atoms with E-state index in [1.807, 2.05) is 24.4 Å². The first-order valence-electron chi connectivity index (χ1n) is 13.3. The predicted octanol–water partition coefficient (Wildman–Crippen LogP) is 6.95. The number of fused-ring (bicyclic) bond motifs is 3. The number of ether oxygens (including phenoxy) is 1. The van der Waals surface area contributed by atoms with Crippen LogP contribution < -0.4 is 4.74 Å². The Morgan fingerprint density at radius 2 is 1.97 bits per heavy atom. The number of hydrogen-bond donors (Lipinski definition) is 0. The maximum Gasteiger partial charge on any atom is 0.166 e. The second-order valence-electron chi connectivity index (χ2n) is 10.9. The molecule has 1 aromatic carbocycles. The second kappa shape index (κ2) is 8.61. The van der Waals surface area contributed by atoms with E-state index < -0.39 is 0 Å². The number of carbonyl (C=O) groups is 1. The number of carbonyl (C=O) groups excluding carboxylic acids is 1. The van der Waals surface area contributed by atoms with Crippen molar-refractivity contribution >= 4 is 28.2 Å². The lowest BCUT2D eigenvalue weighted by Crippen LogP contribution is -2.28. The van der Waals surface area contributed by atoms with Gasteiger partial charge in [-0.15, -0.1) is 0 Å². The summed E-state index contributed by atoms with van der Waals surface area (Å²) in [5.74, 6) is 3.53. The van der Waals surface area contributed by atoms with Gasteiger partial charge in [-0.1, -0.05) is 20.3 Å². The molecule has 1 aliphatic heterocycles. The zero-order valence-corrected chi connectivity index (χ0v) is 21.3. The largest absolute Gasteiger partial charge is 0.496 e. The third-order valence-corrected chi connectivity index (χ3v) is 9.09. The Labute approximate surface area is 207 Å². The lowest BCUT2D eigenvalue weighted by molar-refractivity contribution is 0.0817. The van der Waals surface area contributed by atoms with E-state index in [-0.39, 0.29) is 17.6 Å². The molecule has 3 aromatic rings. The Bertz CT molecular complexity index is 1340. The van der Waals surface area contributed by atoms with E-state index in [4.69, 9.17) is 9.73 Å². The van der Waals surface area contributed by atoms with Gasteiger partial charge in [0, 0.05) is 41.1 Å². The van der Waals surface area contributed by atoms with Crippen molar-refractivity contribution in [2.45, 2.75) is 65.3 Å². The van der Waals surface area contributed by atoms with E-state index in [1.165, 1.54) is 19.3 Å². The van der Waals surface area contributed by atoms with Gasteiger partial charge in [0.25, 0.3) is 0 Å². The second-order valence-corrected chi connectivity index (χ2v) is 10.9. The number of rotatable bonds is 5. The molecule has 0 N–H and O–H groups in total. The van der Waals surface area contributed by atoms with E-state index in [1.54, 1.807) is 7.11 Å². The van der Waals surface area contributed by atoms with Crippen LogP contribution in [0.1, 0.15) is 80.4 Å². The molecule has 0 amide bonds. The topological polar surface area (TPSA) is 56.5 Å². The fourth-order valence-corrected chi connectivity index (χ4v) is 7.20. The molecule has 3 aliphatic rings. The molecule has 5 nitrogen and oxygen atoms in total. The first kappa shape index (κ1) is 22.5. The Morgan fingerprint density at radius 1 is 1.14 bits per heavy atom. The number of benzene rings is 1. The molecule has 0 saturated heterocycles. The van der Waals surface area contributed by atoms with Crippen molar-refractivity contribution < 1.29 is 9.53 Å². The lowest BCUT2D eigenvalue weighted by atomic mass is 9.71. The van der Waals surface area contributed by atoms with Crippen molar-refractivity contribution in [3.05, 3.63) is 53.3 Å². The van der Waals surface area contributed by atoms with Gasteiger partial charge >= 0.3 is 0 Å². The standard InChI is InChI=1S/C30H35N3O2/c1-5-33-25(15-21-7-6-12-31-30(21)33)28-18(3)27-24(32-28)14-22(16-26(27)35-4)29(34)20-11-10-19-9-8-17(2)23(19)13-20/h6-7,12,14-20,23H,5,8-11,13H2,1-4H3. The van der Waals surface area contributed by atoms with Crippen molar-refractivity contribution in [3.8, 4) is 5.75 Å². The summed E-state index contributed by atoms with van der Waals surface area (Å²) in [6.45, 7) is 7.52. The molecule has 5 unspecified atom stereocenters. The molecule has 0 radical (unpaired) electrons. The molecular weight excluding hydrogens is 434 g/mol. The molecule has 6 rings (SSSR count). The number of aromatic nitrogens is 2. The number of Topliss-reactive ketones (excluding diaryl/α,β-unsaturated/α-hetero) is 1. The summed E-state index contributed by atoms with van der Waals surface area (Å²) >= 11 is 0. The fraction of sp³-hybridized carbons (Fsp3) is 0.500. The van der Waals surface area contributed by atoms with Crippen LogP contribution in [-0.2, 0) is 6.54 Å². The number of ketones is 1. The number of aryl methyl sites for hydroxylation is 1. The summed E-state index contributed by atoms with van der Waals surface area (Å²) in [7, 11) is 1.70. The minimum absolute atomic E-state index is 0.0773. The quantitative estimate of drug-likeness (QED) is 0.380. The van der Waals surface area contributed by atoms with Gasteiger partial charge in [-0.3, -0.25) is 9.79 Å². The Morgan fingerprint density at radius 3 is 2.77 bits per heavy atom. The van der Waals surface area contributed by atoms with Crippen LogP contribution in [0, 0.1) is 23.7 Å². The first-order chi connectivity index (χ1) is 17.0. The maximum absolute atomic E-state index is 13.7. The average molecular weight is 470 g/mol.